The first-order valence-electron chi connectivity index (χ1n) is 8.24. The van der Waals surface area contributed by atoms with Gasteiger partial charge in [-0.2, -0.15) is 0 Å². The molecule has 0 aromatic heterocycles. The van der Waals surface area contributed by atoms with Gasteiger partial charge in [0.2, 0.25) is 11.8 Å². The molecule has 2 N–H and O–H groups in total. The highest BCUT2D eigenvalue weighted by Gasteiger charge is 2.17. The van der Waals surface area contributed by atoms with Crippen LogP contribution in [0.2, 0.25) is 0 Å². The van der Waals surface area contributed by atoms with Crippen LogP contribution in [0.4, 0.5) is 0 Å². The van der Waals surface area contributed by atoms with Crippen LogP contribution >= 0.6 is 11.8 Å². The molecule has 0 radical (unpaired) electrons. The maximum Gasteiger partial charge on any atom is 0.232 e. The van der Waals surface area contributed by atoms with Crippen molar-refractivity contribution in [3.05, 3.63) is 34.9 Å². The van der Waals surface area contributed by atoms with Gasteiger partial charge in [-0.05, 0) is 16.7 Å². The van der Waals surface area contributed by atoms with E-state index in [-0.39, 0.29) is 11.8 Å². The second-order valence-corrected chi connectivity index (χ2v) is 6.95. The van der Waals surface area contributed by atoms with Gasteiger partial charge >= 0.3 is 0 Å². The maximum absolute atomic E-state index is 12.0. The Labute approximate surface area is 146 Å². The minimum Gasteiger partial charge on any atom is -0.378 e. The zero-order valence-electron chi connectivity index (χ0n) is 13.7. The highest BCUT2D eigenvalue weighted by Crippen LogP contribution is 2.17. The highest BCUT2D eigenvalue weighted by molar-refractivity contribution is 8.00. The fraction of sp³-hybridized carbons (Fsp3) is 0.529. The van der Waals surface area contributed by atoms with E-state index in [0.717, 1.165) is 18.7 Å². The zero-order valence-corrected chi connectivity index (χ0v) is 14.5. The number of carbonyl (C=O) groups is 2. The molecule has 1 fully saturated rings. The smallest absolute Gasteiger partial charge is 0.232 e. The van der Waals surface area contributed by atoms with Crippen LogP contribution in [0.25, 0.3) is 0 Å². The van der Waals surface area contributed by atoms with Gasteiger partial charge in [-0.1, -0.05) is 18.2 Å². The lowest BCUT2D eigenvalue weighted by molar-refractivity contribution is -0.132. The van der Waals surface area contributed by atoms with E-state index in [9.17, 15) is 9.59 Å². The number of morpholine rings is 1. The summed E-state index contributed by atoms with van der Waals surface area (Å²) < 4.78 is 5.23. The molecule has 24 heavy (non-hydrogen) atoms. The molecule has 1 aromatic carbocycles. The first-order valence-corrected chi connectivity index (χ1v) is 9.39. The van der Waals surface area contributed by atoms with Crippen LogP contribution in [0.1, 0.15) is 16.7 Å². The van der Waals surface area contributed by atoms with E-state index in [0.29, 0.717) is 44.4 Å². The minimum atomic E-state index is -0.0339. The predicted molar refractivity (Wildman–Crippen MR) is 93.6 cm³/mol. The molecule has 3 rings (SSSR count). The van der Waals surface area contributed by atoms with Crippen molar-refractivity contribution in [2.75, 3.05) is 37.8 Å². The van der Waals surface area contributed by atoms with Gasteiger partial charge in [0.15, 0.2) is 0 Å². The normalized spacial score (nSPS) is 16.8. The van der Waals surface area contributed by atoms with Gasteiger partial charge in [0, 0.05) is 32.7 Å². The van der Waals surface area contributed by atoms with Crippen LogP contribution in [0.5, 0.6) is 0 Å². The SMILES string of the molecule is O=C(CSCC(=O)N1CCOCC1)NCc1ccc2c(c1)CNC2. The lowest BCUT2D eigenvalue weighted by atomic mass is 10.1. The number of hydrogen-bond donors (Lipinski definition) is 2. The molecule has 0 atom stereocenters. The van der Waals surface area contributed by atoms with Crippen LogP contribution in [0.15, 0.2) is 18.2 Å². The summed E-state index contributed by atoms with van der Waals surface area (Å²) in [5.74, 6) is 0.705. The van der Waals surface area contributed by atoms with Crippen LogP contribution in [0.3, 0.4) is 0 Å². The molecule has 0 aliphatic carbocycles. The highest BCUT2D eigenvalue weighted by atomic mass is 32.2. The largest absolute Gasteiger partial charge is 0.378 e. The first-order chi connectivity index (χ1) is 11.7. The van der Waals surface area contributed by atoms with Crippen molar-refractivity contribution in [2.45, 2.75) is 19.6 Å². The topological polar surface area (TPSA) is 70.7 Å². The number of carbonyl (C=O) groups excluding carboxylic acids is 2. The standard InChI is InChI=1S/C17H23N3O3S/c21-16(11-24-12-17(22)20-3-5-23-6-4-20)19-8-13-1-2-14-9-18-10-15(14)7-13/h1-2,7,18H,3-6,8-12H2,(H,19,21). The number of nitrogens with one attached hydrogen (secondary N) is 2. The van der Waals surface area contributed by atoms with Gasteiger partial charge in [-0.25, -0.2) is 0 Å². The van der Waals surface area contributed by atoms with Gasteiger partial charge in [0.25, 0.3) is 0 Å². The zero-order chi connectivity index (χ0) is 16.8. The van der Waals surface area contributed by atoms with Crippen LogP contribution in [0, 0.1) is 0 Å². The molecule has 7 heteroatoms. The van der Waals surface area contributed by atoms with Gasteiger partial charge < -0.3 is 20.3 Å². The van der Waals surface area contributed by atoms with E-state index < -0.39 is 0 Å². The molecule has 2 aliphatic heterocycles. The number of ether oxygens (including phenoxy) is 1. The molecular formula is C17H23N3O3S. The van der Waals surface area contributed by atoms with Gasteiger partial charge in [-0.15, -0.1) is 11.8 Å². The van der Waals surface area contributed by atoms with Crippen LogP contribution < -0.4 is 10.6 Å². The lowest BCUT2D eigenvalue weighted by Crippen LogP contribution is -2.41. The second-order valence-electron chi connectivity index (χ2n) is 5.97. The fourth-order valence-electron chi connectivity index (χ4n) is 2.84. The van der Waals surface area contributed by atoms with E-state index in [4.69, 9.17) is 4.74 Å². The van der Waals surface area contributed by atoms with Crippen molar-refractivity contribution in [3.63, 3.8) is 0 Å². The van der Waals surface area contributed by atoms with Crippen molar-refractivity contribution in [3.8, 4) is 0 Å². The Kier molecular flexibility index (Phi) is 6.12. The van der Waals surface area contributed by atoms with E-state index in [1.807, 2.05) is 0 Å². The van der Waals surface area contributed by atoms with Gasteiger partial charge in [0.05, 0.1) is 24.7 Å². The van der Waals surface area contributed by atoms with Crippen molar-refractivity contribution in [1.29, 1.82) is 0 Å². The monoisotopic (exact) mass is 349 g/mol. The quantitative estimate of drug-likeness (QED) is 0.783. The number of rotatable bonds is 6. The number of hydrogen-bond acceptors (Lipinski definition) is 5. The molecule has 2 aliphatic rings. The Morgan fingerprint density at radius 3 is 2.79 bits per heavy atom. The summed E-state index contributed by atoms with van der Waals surface area (Å²) in [7, 11) is 0. The maximum atomic E-state index is 12.0. The van der Waals surface area contributed by atoms with E-state index in [1.165, 1.54) is 22.9 Å². The number of amides is 2. The van der Waals surface area contributed by atoms with Crippen molar-refractivity contribution >= 4 is 23.6 Å². The summed E-state index contributed by atoms with van der Waals surface area (Å²) in [4.78, 5) is 25.7. The summed E-state index contributed by atoms with van der Waals surface area (Å²) in [6, 6.07) is 6.32. The Balaban J connectivity index is 1.34. The van der Waals surface area contributed by atoms with Gasteiger partial charge in [-0.3, -0.25) is 9.59 Å². The Bertz CT molecular complexity index is 603. The number of thioether (sulfide) groups is 1. The third-order valence-corrected chi connectivity index (χ3v) is 5.13. The Morgan fingerprint density at radius 2 is 1.96 bits per heavy atom. The molecule has 1 aromatic rings. The summed E-state index contributed by atoms with van der Waals surface area (Å²) >= 11 is 1.36. The third-order valence-electron chi connectivity index (χ3n) is 4.21. The molecule has 130 valence electrons. The summed E-state index contributed by atoms with van der Waals surface area (Å²) in [6.45, 7) is 4.87. The Morgan fingerprint density at radius 1 is 1.17 bits per heavy atom. The van der Waals surface area contributed by atoms with Crippen molar-refractivity contribution in [2.24, 2.45) is 0 Å². The lowest BCUT2D eigenvalue weighted by Gasteiger charge is -2.26. The number of nitrogens with zero attached hydrogens (tertiary/aromatic N) is 1. The molecule has 0 bridgehead atoms. The average molecular weight is 349 g/mol. The molecule has 1 saturated heterocycles. The fourth-order valence-corrected chi connectivity index (χ4v) is 3.59. The molecular weight excluding hydrogens is 326 g/mol. The summed E-state index contributed by atoms with van der Waals surface area (Å²) in [6.07, 6.45) is 0. The van der Waals surface area contributed by atoms with Crippen LogP contribution in [-0.2, 0) is 34.0 Å². The van der Waals surface area contributed by atoms with E-state index in [2.05, 4.69) is 28.8 Å². The number of fused-ring (bicyclic) bond motifs is 1. The first kappa shape index (κ1) is 17.3. The average Bonchev–Trinajstić information content (AvgIpc) is 3.08. The minimum absolute atomic E-state index is 0.0339. The molecule has 0 saturated carbocycles. The Hall–Kier alpha value is -1.57. The van der Waals surface area contributed by atoms with Crippen molar-refractivity contribution < 1.29 is 14.3 Å². The molecule has 2 heterocycles. The van der Waals surface area contributed by atoms with E-state index in [1.54, 1.807) is 4.90 Å². The molecule has 6 nitrogen and oxygen atoms in total. The molecule has 0 unspecified atom stereocenters. The summed E-state index contributed by atoms with van der Waals surface area (Å²) in [5, 5.41) is 6.23. The molecule has 0 spiro atoms. The molecule has 2 amide bonds. The number of benzene rings is 1. The summed E-state index contributed by atoms with van der Waals surface area (Å²) in [5.41, 5.74) is 3.76. The van der Waals surface area contributed by atoms with Crippen molar-refractivity contribution in [1.82, 2.24) is 15.5 Å². The van der Waals surface area contributed by atoms with Gasteiger partial charge in [0.1, 0.15) is 0 Å². The predicted octanol–water partition coefficient (Wildman–Crippen LogP) is 0.498. The third kappa shape index (κ3) is 4.72. The van der Waals surface area contributed by atoms with Crippen LogP contribution in [-0.4, -0.2) is 54.5 Å². The van der Waals surface area contributed by atoms with E-state index >= 15 is 0 Å². The second kappa shape index (κ2) is 8.50.